The molecule has 1 atom stereocenters. The highest BCUT2D eigenvalue weighted by Gasteiger charge is 2.30. The van der Waals surface area contributed by atoms with E-state index in [2.05, 4.69) is 4.99 Å². The first-order valence-electron chi connectivity index (χ1n) is 6.63. The van der Waals surface area contributed by atoms with Gasteiger partial charge in [-0.05, 0) is 24.1 Å². The van der Waals surface area contributed by atoms with Crippen molar-refractivity contribution in [3.63, 3.8) is 0 Å². The topological polar surface area (TPSA) is 38.7 Å². The van der Waals surface area contributed by atoms with Crippen molar-refractivity contribution >= 4 is 11.9 Å². The monoisotopic (exact) mass is 265 g/mol. The lowest BCUT2D eigenvalue weighted by molar-refractivity contribution is -0.134. The van der Waals surface area contributed by atoms with Crippen LogP contribution in [0.15, 0.2) is 59.6 Å². The van der Waals surface area contributed by atoms with Crippen LogP contribution in [0.25, 0.3) is 0 Å². The van der Waals surface area contributed by atoms with Crippen molar-refractivity contribution in [2.75, 3.05) is 0 Å². The van der Waals surface area contributed by atoms with Gasteiger partial charge in [-0.15, -0.1) is 0 Å². The summed E-state index contributed by atoms with van der Waals surface area (Å²) in [5.41, 5.74) is 3.03. The molecule has 1 unspecified atom stereocenters. The Kier molecular flexibility index (Phi) is 3.33. The van der Waals surface area contributed by atoms with Gasteiger partial charge in [-0.1, -0.05) is 48.5 Å². The summed E-state index contributed by atoms with van der Waals surface area (Å²) in [5.74, 6) is 0.168. The Labute approximate surface area is 117 Å². The third-order valence-corrected chi connectivity index (χ3v) is 3.39. The van der Waals surface area contributed by atoms with E-state index in [0.717, 1.165) is 16.7 Å². The summed E-state index contributed by atoms with van der Waals surface area (Å²) in [6.45, 7) is 1.98. The van der Waals surface area contributed by atoms with Crippen LogP contribution in [-0.2, 0) is 16.0 Å². The number of rotatable bonds is 3. The van der Waals surface area contributed by atoms with E-state index in [9.17, 15) is 4.79 Å². The quantitative estimate of drug-likeness (QED) is 0.800. The van der Waals surface area contributed by atoms with E-state index < -0.39 is 6.04 Å². The van der Waals surface area contributed by atoms with E-state index in [0.29, 0.717) is 12.3 Å². The molecule has 2 aromatic rings. The van der Waals surface area contributed by atoms with Crippen molar-refractivity contribution in [3.05, 3.63) is 71.3 Å². The Bertz CT molecular complexity index is 662. The second-order valence-electron chi connectivity index (χ2n) is 4.88. The lowest BCUT2D eigenvalue weighted by Crippen LogP contribution is -2.17. The van der Waals surface area contributed by atoms with Gasteiger partial charge in [-0.2, -0.15) is 0 Å². The van der Waals surface area contributed by atoms with Crippen LogP contribution in [0.1, 0.15) is 16.7 Å². The average Bonchev–Trinajstić information content (AvgIpc) is 2.81. The fourth-order valence-corrected chi connectivity index (χ4v) is 2.29. The largest absolute Gasteiger partial charge is 0.406 e. The number of aliphatic imine (C=N–C) groups is 1. The van der Waals surface area contributed by atoms with Gasteiger partial charge in [0.25, 0.3) is 0 Å². The maximum Gasteiger partial charge on any atom is 0.338 e. The van der Waals surface area contributed by atoms with Crippen LogP contribution in [0, 0.1) is 6.92 Å². The van der Waals surface area contributed by atoms with E-state index >= 15 is 0 Å². The molecule has 0 N–H and O–H groups in total. The van der Waals surface area contributed by atoms with Gasteiger partial charge in [-0.25, -0.2) is 9.79 Å². The number of ether oxygens (including phenoxy) is 1. The van der Waals surface area contributed by atoms with Gasteiger partial charge in [0, 0.05) is 12.0 Å². The summed E-state index contributed by atoms with van der Waals surface area (Å²) in [4.78, 5) is 16.4. The van der Waals surface area contributed by atoms with Crippen molar-refractivity contribution in [2.24, 2.45) is 4.99 Å². The third-order valence-electron chi connectivity index (χ3n) is 3.39. The molecule has 1 aliphatic heterocycles. The molecule has 0 saturated heterocycles. The van der Waals surface area contributed by atoms with E-state index in [1.54, 1.807) is 0 Å². The van der Waals surface area contributed by atoms with Gasteiger partial charge >= 0.3 is 5.97 Å². The molecule has 100 valence electrons. The number of hydrogen-bond donors (Lipinski definition) is 0. The number of carbonyl (C=O) groups is 1. The van der Waals surface area contributed by atoms with Crippen LogP contribution in [-0.4, -0.2) is 17.9 Å². The molecule has 0 aliphatic carbocycles. The molecular weight excluding hydrogens is 250 g/mol. The highest BCUT2D eigenvalue weighted by atomic mass is 16.6. The fourth-order valence-electron chi connectivity index (χ4n) is 2.29. The lowest BCUT2D eigenvalue weighted by Gasteiger charge is -2.03. The molecule has 3 nitrogen and oxygen atoms in total. The van der Waals surface area contributed by atoms with E-state index in [1.807, 2.05) is 61.5 Å². The van der Waals surface area contributed by atoms with Gasteiger partial charge in [0.15, 0.2) is 6.04 Å². The summed E-state index contributed by atoms with van der Waals surface area (Å²) in [5, 5.41) is 0. The first-order chi connectivity index (χ1) is 9.74. The SMILES string of the molecule is Cc1ccccc1C1=NC(Cc2ccccc2)C(=O)O1. The van der Waals surface area contributed by atoms with Crippen LogP contribution >= 0.6 is 0 Å². The van der Waals surface area contributed by atoms with Crippen LogP contribution in [0.4, 0.5) is 0 Å². The Balaban J connectivity index is 1.84. The number of nitrogens with zero attached hydrogens (tertiary/aromatic N) is 1. The molecule has 3 rings (SSSR count). The van der Waals surface area contributed by atoms with E-state index in [-0.39, 0.29) is 5.97 Å². The highest BCUT2D eigenvalue weighted by Crippen LogP contribution is 2.19. The maximum absolute atomic E-state index is 11.9. The summed E-state index contributed by atoms with van der Waals surface area (Å²) < 4.78 is 5.32. The van der Waals surface area contributed by atoms with E-state index in [4.69, 9.17) is 4.74 Å². The summed E-state index contributed by atoms with van der Waals surface area (Å²) >= 11 is 0. The second kappa shape index (κ2) is 5.29. The number of benzene rings is 2. The zero-order chi connectivity index (χ0) is 13.9. The fraction of sp³-hybridized carbons (Fsp3) is 0.176. The van der Waals surface area contributed by atoms with Crippen LogP contribution in [0.5, 0.6) is 0 Å². The Morgan fingerprint density at radius 2 is 1.75 bits per heavy atom. The molecule has 20 heavy (non-hydrogen) atoms. The number of esters is 1. The van der Waals surface area contributed by atoms with Crippen LogP contribution < -0.4 is 0 Å². The molecule has 0 radical (unpaired) electrons. The highest BCUT2D eigenvalue weighted by molar-refractivity contribution is 6.06. The normalized spacial score (nSPS) is 17.8. The first kappa shape index (κ1) is 12.6. The minimum Gasteiger partial charge on any atom is -0.406 e. The zero-order valence-corrected chi connectivity index (χ0v) is 11.2. The van der Waals surface area contributed by atoms with Crippen molar-refractivity contribution in [1.82, 2.24) is 0 Å². The van der Waals surface area contributed by atoms with Crippen molar-refractivity contribution in [2.45, 2.75) is 19.4 Å². The molecule has 1 heterocycles. The maximum atomic E-state index is 11.9. The standard InChI is InChI=1S/C17H15NO2/c1-12-7-5-6-10-14(12)16-18-15(17(19)20-16)11-13-8-3-2-4-9-13/h2-10,15H,11H2,1H3. The molecule has 0 amide bonds. The molecule has 1 aliphatic rings. The summed E-state index contributed by atoms with van der Waals surface area (Å²) in [7, 11) is 0. The Morgan fingerprint density at radius 3 is 2.50 bits per heavy atom. The third kappa shape index (κ3) is 2.48. The van der Waals surface area contributed by atoms with Crippen LogP contribution in [0.2, 0.25) is 0 Å². The van der Waals surface area contributed by atoms with Crippen molar-refractivity contribution in [3.8, 4) is 0 Å². The molecule has 0 bridgehead atoms. The van der Waals surface area contributed by atoms with Crippen molar-refractivity contribution < 1.29 is 9.53 Å². The molecular formula is C17H15NO2. The Morgan fingerprint density at radius 1 is 1.05 bits per heavy atom. The molecule has 0 fully saturated rings. The molecule has 0 aromatic heterocycles. The first-order valence-corrected chi connectivity index (χ1v) is 6.63. The number of hydrogen-bond acceptors (Lipinski definition) is 3. The molecule has 2 aromatic carbocycles. The van der Waals surface area contributed by atoms with Gasteiger partial charge in [0.05, 0.1) is 0 Å². The average molecular weight is 265 g/mol. The number of cyclic esters (lactones) is 1. The molecule has 0 saturated carbocycles. The predicted molar refractivity (Wildman–Crippen MR) is 77.7 cm³/mol. The van der Waals surface area contributed by atoms with Gasteiger partial charge in [-0.3, -0.25) is 0 Å². The van der Waals surface area contributed by atoms with E-state index in [1.165, 1.54) is 0 Å². The number of aryl methyl sites for hydroxylation is 1. The summed E-state index contributed by atoms with van der Waals surface area (Å²) in [6.07, 6.45) is 0.578. The number of carbonyl (C=O) groups excluding carboxylic acids is 1. The second-order valence-corrected chi connectivity index (χ2v) is 4.88. The smallest absolute Gasteiger partial charge is 0.338 e. The predicted octanol–water partition coefficient (Wildman–Crippen LogP) is 2.91. The minimum atomic E-state index is -0.438. The van der Waals surface area contributed by atoms with Gasteiger partial charge < -0.3 is 4.74 Å². The van der Waals surface area contributed by atoms with Crippen LogP contribution in [0.3, 0.4) is 0 Å². The van der Waals surface area contributed by atoms with Gasteiger partial charge in [0.1, 0.15) is 0 Å². The zero-order valence-electron chi connectivity index (χ0n) is 11.2. The lowest BCUT2D eigenvalue weighted by atomic mass is 10.1. The van der Waals surface area contributed by atoms with Gasteiger partial charge in [0.2, 0.25) is 5.90 Å². The molecule has 3 heteroatoms. The van der Waals surface area contributed by atoms with Crippen molar-refractivity contribution in [1.29, 1.82) is 0 Å². The minimum absolute atomic E-state index is 0.271. The molecule has 0 spiro atoms. The summed E-state index contributed by atoms with van der Waals surface area (Å²) in [6, 6.07) is 17.2. The Hall–Kier alpha value is -2.42.